The van der Waals surface area contributed by atoms with E-state index < -0.39 is 0 Å². The minimum absolute atomic E-state index is 0.193. The van der Waals surface area contributed by atoms with E-state index in [0.717, 1.165) is 31.9 Å². The van der Waals surface area contributed by atoms with E-state index in [4.69, 9.17) is 11.6 Å². The zero-order valence-corrected chi connectivity index (χ0v) is 12.1. The number of pyridine rings is 1. The molecule has 0 radical (unpaired) electrons. The van der Waals surface area contributed by atoms with Crippen molar-refractivity contribution < 1.29 is 4.79 Å². The van der Waals surface area contributed by atoms with Crippen molar-refractivity contribution in [3.05, 3.63) is 23.5 Å². The molecule has 0 unspecified atom stereocenters. The molecule has 0 saturated carbocycles. The molecule has 2 heterocycles. The number of likely N-dealkylation sites (N-methyl/N-ethyl adjacent to an activating group) is 1. The zero-order chi connectivity index (χ0) is 13.8. The second-order valence-electron chi connectivity index (χ2n) is 4.94. The fourth-order valence-corrected chi connectivity index (χ4v) is 2.25. The highest BCUT2D eigenvalue weighted by Gasteiger charge is 2.21. The van der Waals surface area contributed by atoms with Crippen molar-refractivity contribution in [3.8, 4) is 0 Å². The molecular formula is C13H19ClN4O. The van der Waals surface area contributed by atoms with Crippen LogP contribution in [0, 0.1) is 0 Å². The first-order valence-electron chi connectivity index (χ1n) is 6.35. The number of hydrogen-bond donors (Lipinski definition) is 0. The third-order valence-electron chi connectivity index (χ3n) is 3.16. The molecule has 1 aromatic heterocycles. The minimum atomic E-state index is 0.193. The molecule has 1 aliphatic heterocycles. The van der Waals surface area contributed by atoms with Gasteiger partial charge in [-0.05, 0) is 26.2 Å². The van der Waals surface area contributed by atoms with Gasteiger partial charge in [-0.15, -0.1) is 0 Å². The van der Waals surface area contributed by atoms with Gasteiger partial charge in [-0.25, -0.2) is 4.98 Å². The van der Waals surface area contributed by atoms with Crippen LogP contribution in [0.1, 0.15) is 0 Å². The molecule has 19 heavy (non-hydrogen) atoms. The molecule has 1 amide bonds. The summed E-state index contributed by atoms with van der Waals surface area (Å²) in [5.74, 6) is 0.193. The van der Waals surface area contributed by atoms with Crippen molar-refractivity contribution in [2.75, 3.05) is 51.7 Å². The SMILES string of the molecule is CN(C)CC(=O)N1CCN(c2ccc(Cl)nc2)CC1. The maximum Gasteiger partial charge on any atom is 0.236 e. The van der Waals surface area contributed by atoms with E-state index in [1.807, 2.05) is 30.0 Å². The molecule has 5 nitrogen and oxygen atoms in total. The van der Waals surface area contributed by atoms with E-state index in [1.165, 1.54) is 0 Å². The van der Waals surface area contributed by atoms with Crippen LogP contribution in [-0.4, -0.2) is 67.5 Å². The van der Waals surface area contributed by atoms with Gasteiger partial charge in [0.1, 0.15) is 5.15 Å². The Bertz CT molecular complexity index is 427. The molecule has 2 rings (SSSR count). The smallest absolute Gasteiger partial charge is 0.236 e. The monoisotopic (exact) mass is 282 g/mol. The van der Waals surface area contributed by atoms with Crippen molar-refractivity contribution in [1.29, 1.82) is 0 Å². The van der Waals surface area contributed by atoms with Gasteiger partial charge in [-0.1, -0.05) is 11.6 Å². The van der Waals surface area contributed by atoms with Crippen LogP contribution in [-0.2, 0) is 4.79 Å². The van der Waals surface area contributed by atoms with E-state index in [0.29, 0.717) is 11.7 Å². The third kappa shape index (κ3) is 3.81. The lowest BCUT2D eigenvalue weighted by atomic mass is 10.2. The quantitative estimate of drug-likeness (QED) is 0.774. The number of carbonyl (C=O) groups excluding carboxylic acids is 1. The molecule has 0 atom stereocenters. The summed E-state index contributed by atoms with van der Waals surface area (Å²) in [5, 5.41) is 0.503. The van der Waals surface area contributed by atoms with Gasteiger partial charge in [0, 0.05) is 26.2 Å². The molecule has 0 aliphatic carbocycles. The van der Waals surface area contributed by atoms with Crippen LogP contribution in [0.25, 0.3) is 0 Å². The maximum absolute atomic E-state index is 11.9. The van der Waals surface area contributed by atoms with Crippen LogP contribution in [0.2, 0.25) is 5.15 Å². The highest BCUT2D eigenvalue weighted by atomic mass is 35.5. The summed E-state index contributed by atoms with van der Waals surface area (Å²) in [7, 11) is 3.82. The Kier molecular flexibility index (Phi) is 4.61. The van der Waals surface area contributed by atoms with Gasteiger partial charge in [-0.2, -0.15) is 0 Å². The summed E-state index contributed by atoms with van der Waals surface area (Å²) in [6, 6.07) is 3.76. The van der Waals surface area contributed by atoms with Gasteiger partial charge >= 0.3 is 0 Å². The second kappa shape index (κ2) is 6.21. The predicted molar refractivity (Wildman–Crippen MR) is 76.6 cm³/mol. The number of rotatable bonds is 3. The summed E-state index contributed by atoms with van der Waals surface area (Å²) in [6.07, 6.45) is 1.78. The van der Waals surface area contributed by atoms with Gasteiger partial charge in [0.25, 0.3) is 0 Å². The number of carbonyl (C=O) groups is 1. The second-order valence-corrected chi connectivity index (χ2v) is 5.33. The first-order valence-corrected chi connectivity index (χ1v) is 6.73. The maximum atomic E-state index is 11.9. The summed E-state index contributed by atoms with van der Waals surface area (Å²) >= 11 is 5.78. The molecule has 104 valence electrons. The lowest BCUT2D eigenvalue weighted by Gasteiger charge is -2.36. The van der Waals surface area contributed by atoms with Crippen molar-refractivity contribution >= 4 is 23.2 Å². The Hall–Kier alpha value is -1.33. The number of halogens is 1. The standard InChI is InChI=1S/C13H19ClN4O/c1-16(2)10-13(19)18-7-5-17(6-8-18)11-3-4-12(14)15-9-11/h3-4,9H,5-8,10H2,1-2H3. The number of anilines is 1. The Morgan fingerprint density at radius 1 is 1.32 bits per heavy atom. The van der Waals surface area contributed by atoms with Gasteiger partial charge in [0.2, 0.25) is 5.91 Å². The Balaban J connectivity index is 1.88. The number of hydrogen-bond acceptors (Lipinski definition) is 4. The van der Waals surface area contributed by atoms with Crippen molar-refractivity contribution in [1.82, 2.24) is 14.8 Å². The van der Waals surface area contributed by atoms with Gasteiger partial charge < -0.3 is 14.7 Å². The van der Waals surface area contributed by atoms with Crippen molar-refractivity contribution in [2.45, 2.75) is 0 Å². The summed E-state index contributed by atoms with van der Waals surface area (Å²) < 4.78 is 0. The van der Waals surface area contributed by atoms with Crippen LogP contribution < -0.4 is 4.90 Å². The first kappa shape index (κ1) is 14.1. The summed E-state index contributed by atoms with van der Waals surface area (Å²) in [6.45, 7) is 3.66. The molecule has 1 aromatic rings. The number of amides is 1. The summed E-state index contributed by atoms with van der Waals surface area (Å²) in [5.41, 5.74) is 1.06. The molecule has 1 saturated heterocycles. The van der Waals surface area contributed by atoms with Crippen LogP contribution in [0.3, 0.4) is 0 Å². The van der Waals surface area contributed by atoms with E-state index in [2.05, 4.69) is 9.88 Å². The predicted octanol–water partition coefficient (Wildman–Crippen LogP) is 0.945. The van der Waals surface area contributed by atoms with E-state index >= 15 is 0 Å². The van der Waals surface area contributed by atoms with Crippen LogP contribution >= 0.6 is 11.6 Å². The molecule has 6 heteroatoms. The van der Waals surface area contributed by atoms with Crippen molar-refractivity contribution in [3.63, 3.8) is 0 Å². The highest BCUT2D eigenvalue weighted by molar-refractivity contribution is 6.29. The van der Waals surface area contributed by atoms with Gasteiger partial charge in [-0.3, -0.25) is 4.79 Å². The topological polar surface area (TPSA) is 39.7 Å². The van der Waals surface area contributed by atoms with Crippen LogP contribution in [0.4, 0.5) is 5.69 Å². The normalized spacial score (nSPS) is 16.0. The van der Waals surface area contributed by atoms with Gasteiger partial charge in [0.15, 0.2) is 0 Å². The summed E-state index contributed by atoms with van der Waals surface area (Å²) in [4.78, 5) is 22.1. The highest BCUT2D eigenvalue weighted by Crippen LogP contribution is 2.17. The molecular weight excluding hydrogens is 264 g/mol. The van der Waals surface area contributed by atoms with E-state index in [-0.39, 0.29) is 5.91 Å². The molecule has 1 aliphatic rings. The number of nitrogens with zero attached hydrogens (tertiary/aromatic N) is 4. The first-order chi connectivity index (χ1) is 9.06. The molecule has 0 N–H and O–H groups in total. The zero-order valence-electron chi connectivity index (χ0n) is 11.3. The van der Waals surface area contributed by atoms with Gasteiger partial charge in [0.05, 0.1) is 18.4 Å². The molecule has 0 bridgehead atoms. The average Bonchev–Trinajstić information content (AvgIpc) is 2.39. The van der Waals surface area contributed by atoms with Crippen LogP contribution in [0.15, 0.2) is 18.3 Å². The Labute approximate surface area is 118 Å². The molecule has 0 aromatic carbocycles. The fraction of sp³-hybridized carbons (Fsp3) is 0.538. The average molecular weight is 283 g/mol. The van der Waals surface area contributed by atoms with E-state index in [9.17, 15) is 4.79 Å². The molecule has 0 spiro atoms. The third-order valence-corrected chi connectivity index (χ3v) is 3.38. The number of piperazine rings is 1. The number of aromatic nitrogens is 1. The molecule has 1 fully saturated rings. The van der Waals surface area contributed by atoms with E-state index in [1.54, 1.807) is 12.3 Å². The largest absolute Gasteiger partial charge is 0.367 e. The fourth-order valence-electron chi connectivity index (χ4n) is 2.14. The lowest BCUT2D eigenvalue weighted by Crippen LogP contribution is -2.50. The Morgan fingerprint density at radius 3 is 2.53 bits per heavy atom. The minimum Gasteiger partial charge on any atom is -0.367 e. The van der Waals surface area contributed by atoms with Crippen molar-refractivity contribution in [2.24, 2.45) is 0 Å². The lowest BCUT2D eigenvalue weighted by molar-refractivity contribution is -0.132. The Morgan fingerprint density at radius 2 is 2.00 bits per heavy atom. The van der Waals surface area contributed by atoms with Crippen LogP contribution in [0.5, 0.6) is 0 Å².